The van der Waals surface area contributed by atoms with Crippen molar-refractivity contribution in [2.75, 3.05) is 49.6 Å². The molecule has 1 fully saturated rings. The Morgan fingerprint density at radius 1 is 1.31 bits per heavy atom. The molecule has 0 saturated carbocycles. The van der Waals surface area contributed by atoms with Crippen molar-refractivity contribution in [1.29, 1.82) is 0 Å². The summed E-state index contributed by atoms with van der Waals surface area (Å²) in [7, 11) is 0. The Balaban J connectivity index is 1.34. The number of pyridine rings is 1. The quantitative estimate of drug-likeness (QED) is 0.638. The molecule has 156 valence electrons. The van der Waals surface area contributed by atoms with E-state index in [2.05, 4.69) is 25.4 Å². The molecule has 1 aliphatic rings. The minimum atomic E-state index is -0.211. The third-order valence-corrected chi connectivity index (χ3v) is 4.94. The zero-order valence-electron chi connectivity index (χ0n) is 16.9. The molecule has 0 unspecified atom stereocenters. The maximum Gasteiger partial charge on any atom is 0.269 e. The highest BCUT2D eigenvalue weighted by Crippen LogP contribution is 2.13. The monoisotopic (exact) mass is 400 g/mol. The summed E-state index contributed by atoms with van der Waals surface area (Å²) in [5.74, 6) is 1.07. The summed E-state index contributed by atoms with van der Waals surface area (Å²) in [5, 5.41) is 9.40. The van der Waals surface area contributed by atoms with Crippen molar-refractivity contribution >= 4 is 17.4 Å². The predicted octanol–water partition coefficient (Wildman–Crippen LogP) is 1.03. The van der Waals surface area contributed by atoms with Gasteiger partial charge in [0.2, 0.25) is 5.91 Å². The Labute approximate surface area is 170 Å². The van der Waals surface area contributed by atoms with Gasteiger partial charge in [0, 0.05) is 44.0 Å². The molecule has 0 spiro atoms. The van der Waals surface area contributed by atoms with Crippen molar-refractivity contribution in [3.8, 4) is 0 Å². The molecule has 9 heteroatoms. The molecule has 1 aliphatic heterocycles. The molecule has 1 atom stereocenters. The fraction of sp³-hybridized carbons (Fsp3) is 0.500. The summed E-state index contributed by atoms with van der Waals surface area (Å²) in [6, 6.07) is 5.86. The van der Waals surface area contributed by atoms with Crippen LogP contribution in [0.1, 0.15) is 18.9 Å². The van der Waals surface area contributed by atoms with E-state index in [4.69, 9.17) is 4.74 Å². The molecule has 0 bridgehead atoms. The van der Waals surface area contributed by atoms with Crippen LogP contribution in [0.25, 0.3) is 0 Å². The molecule has 0 radical (unpaired) electrons. The molecule has 2 aromatic rings. The smallest absolute Gasteiger partial charge is 0.269 e. The van der Waals surface area contributed by atoms with Crippen LogP contribution in [0, 0.1) is 6.92 Å². The predicted molar refractivity (Wildman–Crippen MR) is 111 cm³/mol. The van der Waals surface area contributed by atoms with Gasteiger partial charge in [0.25, 0.3) is 5.56 Å². The number of nitrogens with one attached hydrogen (secondary N) is 2. The van der Waals surface area contributed by atoms with Crippen LogP contribution in [0.4, 0.5) is 11.5 Å². The average molecular weight is 400 g/mol. The number of aromatic amines is 1. The fourth-order valence-electron chi connectivity index (χ4n) is 3.21. The largest absolute Gasteiger partial charge is 0.379 e. The van der Waals surface area contributed by atoms with Crippen LogP contribution in [0.5, 0.6) is 0 Å². The Morgan fingerprint density at radius 3 is 2.83 bits per heavy atom. The molecule has 29 heavy (non-hydrogen) atoms. The van der Waals surface area contributed by atoms with Crippen LogP contribution < -0.4 is 15.8 Å². The molecule has 3 rings (SSSR count). The van der Waals surface area contributed by atoms with Gasteiger partial charge in [-0.3, -0.25) is 9.59 Å². The summed E-state index contributed by atoms with van der Waals surface area (Å²) >= 11 is 0. The average Bonchev–Trinajstić information content (AvgIpc) is 2.75. The van der Waals surface area contributed by atoms with Gasteiger partial charge in [0.1, 0.15) is 5.82 Å². The van der Waals surface area contributed by atoms with Gasteiger partial charge in [-0.25, -0.2) is 10.1 Å². The van der Waals surface area contributed by atoms with Crippen molar-refractivity contribution in [2.45, 2.75) is 26.3 Å². The van der Waals surface area contributed by atoms with Crippen LogP contribution in [-0.4, -0.2) is 71.4 Å². The lowest BCUT2D eigenvalue weighted by Gasteiger charge is -2.35. The van der Waals surface area contributed by atoms with Crippen molar-refractivity contribution in [3.63, 3.8) is 0 Å². The summed E-state index contributed by atoms with van der Waals surface area (Å²) in [6.45, 7) is 7.47. The third-order valence-electron chi connectivity index (χ3n) is 4.94. The molecule has 0 aliphatic carbocycles. The number of amides is 1. The molecule has 3 heterocycles. The first kappa shape index (κ1) is 20.8. The number of anilines is 2. The third kappa shape index (κ3) is 5.77. The van der Waals surface area contributed by atoms with E-state index in [1.54, 1.807) is 19.3 Å². The maximum absolute atomic E-state index is 12.4. The molecule has 0 aromatic carbocycles. The second-order valence-electron chi connectivity index (χ2n) is 7.16. The van der Waals surface area contributed by atoms with E-state index in [0.717, 1.165) is 18.9 Å². The number of rotatable bonds is 8. The Morgan fingerprint density at radius 2 is 2.10 bits per heavy atom. The summed E-state index contributed by atoms with van der Waals surface area (Å²) < 4.78 is 5.65. The number of nitrogens with zero attached hydrogens (tertiary/aromatic N) is 4. The van der Waals surface area contributed by atoms with E-state index < -0.39 is 0 Å². The van der Waals surface area contributed by atoms with Gasteiger partial charge < -0.3 is 19.9 Å². The number of piperazine rings is 1. The van der Waals surface area contributed by atoms with Gasteiger partial charge >= 0.3 is 0 Å². The Kier molecular flexibility index (Phi) is 7.18. The zero-order valence-corrected chi connectivity index (χ0v) is 16.9. The lowest BCUT2D eigenvalue weighted by Crippen LogP contribution is -2.49. The lowest BCUT2D eigenvalue weighted by molar-refractivity contribution is -0.132. The summed E-state index contributed by atoms with van der Waals surface area (Å²) in [4.78, 5) is 32.4. The lowest BCUT2D eigenvalue weighted by atomic mass is 10.2. The SMILES string of the molecule is Cc1c(N[C@@H](C)COCCC(=O)N2CCN(c3ccccn3)CC2)cn[nH]c1=O. The number of ether oxygens (including phenoxy) is 1. The topological polar surface area (TPSA) is 103 Å². The second-order valence-corrected chi connectivity index (χ2v) is 7.16. The van der Waals surface area contributed by atoms with Gasteiger partial charge in [-0.15, -0.1) is 0 Å². The molecule has 1 saturated heterocycles. The maximum atomic E-state index is 12.4. The van der Waals surface area contributed by atoms with Crippen LogP contribution in [-0.2, 0) is 9.53 Å². The number of carbonyl (C=O) groups excluding carboxylic acids is 1. The number of aromatic nitrogens is 3. The second kappa shape index (κ2) is 10.0. The summed E-state index contributed by atoms with van der Waals surface area (Å²) in [6.07, 6.45) is 3.73. The first-order valence-corrected chi connectivity index (χ1v) is 9.87. The number of H-pyrrole nitrogens is 1. The van der Waals surface area contributed by atoms with Crippen LogP contribution in [0.3, 0.4) is 0 Å². The Hall–Kier alpha value is -2.94. The van der Waals surface area contributed by atoms with Crippen LogP contribution in [0.2, 0.25) is 0 Å². The van der Waals surface area contributed by atoms with E-state index in [1.807, 2.05) is 30.0 Å². The molecular weight excluding hydrogens is 372 g/mol. The standard InChI is InChI=1S/C20H28N6O3/c1-15(23-17-13-22-24-20(28)16(17)2)14-29-12-6-19(27)26-10-8-25(9-11-26)18-5-3-4-7-21-18/h3-5,7,13,15H,6,8-12,14H2,1-2H3,(H2,23,24,28)/t15-/m0/s1. The minimum Gasteiger partial charge on any atom is -0.379 e. The van der Waals surface area contributed by atoms with E-state index >= 15 is 0 Å². The van der Waals surface area contributed by atoms with Gasteiger partial charge in [-0.05, 0) is 26.0 Å². The van der Waals surface area contributed by atoms with E-state index in [1.165, 1.54) is 0 Å². The van der Waals surface area contributed by atoms with E-state index in [-0.39, 0.29) is 17.5 Å². The Bertz CT molecular complexity index is 849. The summed E-state index contributed by atoms with van der Waals surface area (Å²) in [5.41, 5.74) is 1.07. The van der Waals surface area contributed by atoms with Crippen molar-refractivity contribution in [1.82, 2.24) is 20.1 Å². The van der Waals surface area contributed by atoms with Gasteiger partial charge in [0.15, 0.2) is 0 Å². The molecule has 1 amide bonds. The molecule has 2 N–H and O–H groups in total. The first-order chi connectivity index (χ1) is 14.0. The van der Waals surface area contributed by atoms with E-state index in [0.29, 0.717) is 44.0 Å². The van der Waals surface area contributed by atoms with Crippen molar-refractivity contribution in [3.05, 3.63) is 46.5 Å². The van der Waals surface area contributed by atoms with Gasteiger partial charge in [-0.2, -0.15) is 5.10 Å². The number of hydrogen-bond acceptors (Lipinski definition) is 7. The first-order valence-electron chi connectivity index (χ1n) is 9.87. The van der Waals surface area contributed by atoms with Gasteiger partial charge in [0.05, 0.1) is 31.5 Å². The van der Waals surface area contributed by atoms with Crippen molar-refractivity contribution in [2.24, 2.45) is 0 Å². The fourth-order valence-corrected chi connectivity index (χ4v) is 3.21. The minimum absolute atomic E-state index is 0.00526. The highest BCUT2D eigenvalue weighted by Gasteiger charge is 2.21. The van der Waals surface area contributed by atoms with Gasteiger partial charge in [-0.1, -0.05) is 6.07 Å². The highest BCUT2D eigenvalue weighted by molar-refractivity contribution is 5.76. The normalized spacial score (nSPS) is 15.2. The number of carbonyl (C=O) groups is 1. The highest BCUT2D eigenvalue weighted by atomic mass is 16.5. The van der Waals surface area contributed by atoms with Crippen molar-refractivity contribution < 1.29 is 9.53 Å². The molecule has 9 nitrogen and oxygen atoms in total. The van der Waals surface area contributed by atoms with Crippen LogP contribution >= 0.6 is 0 Å². The zero-order chi connectivity index (χ0) is 20.6. The van der Waals surface area contributed by atoms with Crippen LogP contribution in [0.15, 0.2) is 35.4 Å². The number of hydrogen-bond donors (Lipinski definition) is 2. The molecule has 2 aromatic heterocycles. The molecular formula is C20H28N6O3. The van der Waals surface area contributed by atoms with E-state index in [9.17, 15) is 9.59 Å².